The molecule has 0 radical (unpaired) electrons. The highest BCUT2D eigenvalue weighted by atomic mass is 16.5. The van der Waals surface area contributed by atoms with Crippen molar-refractivity contribution in [3.63, 3.8) is 0 Å². The van der Waals surface area contributed by atoms with Crippen LogP contribution in [0, 0.1) is 5.92 Å². The van der Waals surface area contributed by atoms with E-state index in [1.807, 2.05) is 13.8 Å². The molecule has 1 aliphatic rings. The third-order valence-electron chi connectivity index (χ3n) is 3.88. The lowest BCUT2D eigenvalue weighted by atomic mass is 9.93. The zero-order valence-corrected chi connectivity index (χ0v) is 14.4. The lowest BCUT2D eigenvalue weighted by Crippen LogP contribution is -2.44. The monoisotopic (exact) mass is 298 g/mol. The van der Waals surface area contributed by atoms with Crippen LogP contribution in [0.3, 0.4) is 0 Å². The maximum Gasteiger partial charge on any atom is 0.234 e. The Balaban J connectivity index is 2.15. The Morgan fingerprint density at radius 3 is 2.71 bits per heavy atom. The first-order valence-electron chi connectivity index (χ1n) is 8.60. The number of carbonyl (C=O) groups is 1. The lowest BCUT2D eigenvalue weighted by molar-refractivity contribution is -0.123. The van der Waals surface area contributed by atoms with Gasteiger partial charge in [-0.1, -0.05) is 6.42 Å². The van der Waals surface area contributed by atoms with Crippen LogP contribution in [-0.4, -0.2) is 49.2 Å². The Morgan fingerprint density at radius 2 is 2.05 bits per heavy atom. The molecule has 4 nitrogen and oxygen atoms in total. The molecular weight excluding hydrogens is 264 g/mol. The first kappa shape index (κ1) is 18.4. The zero-order chi connectivity index (χ0) is 15.7. The highest BCUT2D eigenvalue weighted by Gasteiger charge is 2.21. The van der Waals surface area contributed by atoms with Gasteiger partial charge in [-0.2, -0.15) is 0 Å². The average Bonchev–Trinajstić information content (AvgIpc) is 2.37. The van der Waals surface area contributed by atoms with E-state index in [0.717, 1.165) is 32.0 Å². The Morgan fingerprint density at radius 1 is 1.29 bits per heavy atom. The molecule has 0 spiro atoms. The van der Waals surface area contributed by atoms with Gasteiger partial charge in [0.25, 0.3) is 0 Å². The molecule has 21 heavy (non-hydrogen) atoms. The van der Waals surface area contributed by atoms with Crippen molar-refractivity contribution in [3.05, 3.63) is 0 Å². The Labute approximate surface area is 130 Å². The predicted octanol–water partition coefficient (Wildman–Crippen LogP) is 2.82. The number of rotatable bonds is 9. The van der Waals surface area contributed by atoms with Crippen molar-refractivity contribution in [2.45, 2.75) is 71.9 Å². The van der Waals surface area contributed by atoms with Crippen molar-refractivity contribution >= 4 is 5.91 Å². The summed E-state index contributed by atoms with van der Waals surface area (Å²) in [7, 11) is 0. The minimum absolute atomic E-state index is 0.163. The minimum Gasteiger partial charge on any atom is -0.379 e. The second kappa shape index (κ2) is 10.2. The molecule has 1 N–H and O–H groups in total. The van der Waals surface area contributed by atoms with Gasteiger partial charge in [-0.15, -0.1) is 0 Å². The molecule has 0 bridgehead atoms. The van der Waals surface area contributed by atoms with Crippen LogP contribution in [0.25, 0.3) is 0 Å². The second-order valence-electron chi connectivity index (χ2n) is 6.88. The number of hydrogen-bond donors (Lipinski definition) is 1. The fourth-order valence-electron chi connectivity index (χ4n) is 2.96. The van der Waals surface area contributed by atoms with Crippen LogP contribution < -0.4 is 5.32 Å². The maximum atomic E-state index is 11.8. The zero-order valence-electron chi connectivity index (χ0n) is 14.4. The molecular formula is C17H34N2O2. The van der Waals surface area contributed by atoms with Gasteiger partial charge >= 0.3 is 0 Å². The molecule has 1 rings (SSSR count). The Kier molecular flexibility index (Phi) is 8.93. The summed E-state index contributed by atoms with van der Waals surface area (Å²) in [6.07, 6.45) is 6.54. The summed E-state index contributed by atoms with van der Waals surface area (Å²) in [6.45, 7) is 11.8. The Bertz CT molecular complexity index is 293. The highest BCUT2D eigenvalue weighted by molar-refractivity contribution is 5.78. The molecule has 1 saturated heterocycles. The quantitative estimate of drug-likeness (QED) is 0.666. The first-order valence-corrected chi connectivity index (χ1v) is 8.60. The molecule has 4 heteroatoms. The third-order valence-corrected chi connectivity index (χ3v) is 3.88. The molecule has 1 heterocycles. The number of amides is 1. The van der Waals surface area contributed by atoms with Gasteiger partial charge in [0.2, 0.25) is 5.91 Å². The normalized spacial score (nSPS) is 20.2. The summed E-state index contributed by atoms with van der Waals surface area (Å²) in [6, 6.07) is 0.235. The van der Waals surface area contributed by atoms with E-state index in [1.54, 1.807) is 0 Å². The van der Waals surface area contributed by atoms with E-state index >= 15 is 0 Å². The van der Waals surface area contributed by atoms with E-state index in [4.69, 9.17) is 4.74 Å². The molecule has 0 saturated carbocycles. The van der Waals surface area contributed by atoms with Crippen molar-refractivity contribution in [2.24, 2.45) is 5.92 Å². The number of nitrogens with zero attached hydrogens (tertiary/aromatic N) is 1. The summed E-state index contributed by atoms with van der Waals surface area (Å²) in [5.74, 6) is 0.917. The van der Waals surface area contributed by atoms with Crippen molar-refractivity contribution in [3.8, 4) is 0 Å². The van der Waals surface area contributed by atoms with E-state index in [9.17, 15) is 4.79 Å². The van der Waals surface area contributed by atoms with Crippen LogP contribution >= 0.6 is 0 Å². The molecule has 124 valence electrons. The van der Waals surface area contributed by atoms with E-state index < -0.39 is 0 Å². The summed E-state index contributed by atoms with van der Waals surface area (Å²) in [5.41, 5.74) is 0. The van der Waals surface area contributed by atoms with Gasteiger partial charge in [0, 0.05) is 19.2 Å². The van der Waals surface area contributed by atoms with E-state index in [2.05, 4.69) is 24.1 Å². The lowest BCUT2D eigenvalue weighted by Gasteiger charge is -2.32. The number of carbonyl (C=O) groups excluding carboxylic acids is 1. The van der Waals surface area contributed by atoms with Crippen molar-refractivity contribution in [1.29, 1.82) is 0 Å². The minimum atomic E-state index is 0.163. The molecule has 0 aliphatic carbocycles. The van der Waals surface area contributed by atoms with Crippen LogP contribution in [-0.2, 0) is 9.53 Å². The number of piperidine rings is 1. The summed E-state index contributed by atoms with van der Waals surface area (Å²) in [4.78, 5) is 14.1. The largest absolute Gasteiger partial charge is 0.379 e. The topological polar surface area (TPSA) is 41.6 Å². The molecule has 0 aromatic rings. The summed E-state index contributed by atoms with van der Waals surface area (Å²) in [5, 5.41) is 2.98. The van der Waals surface area contributed by atoms with E-state index in [1.165, 1.54) is 25.7 Å². The standard InChI is InChI=1S/C17H34N2O2/c1-14(2)18-17(20)13-19-10-7-9-16(12-19)8-5-6-11-21-15(3)4/h14-16H,5-13H2,1-4H3,(H,18,20)/t16-/m0/s1. The van der Waals surface area contributed by atoms with Crippen LogP contribution in [0.4, 0.5) is 0 Å². The van der Waals surface area contributed by atoms with Crippen LogP contribution in [0.5, 0.6) is 0 Å². The fourth-order valence-corrected chi connectivity index (χ4v) is 2.96. The van der Waals surface area contributed by atoms with Crippen LogP contribution in [0.2, 0.25) is 0 Å². The van der Waals surface area contributed by atoms with Gasteiger partial charge in [0.15, 0.2) is 0 Å². The molecule has 1 amide bonds. The van der Waals surface area contributed by atoms with Gasteiger partial charge in [0.1, 0.15) is 0 Å². The van der Waals surface area contributed by atoms with Crippen molar-refractivity contribution in [2.75, 3.05) is 26.2 Å². The van der Waals surface area contributed by atoms with Crippen LogP contribution in [0.1, 0.15) is 59.8 Å². The number of likely N-dealkylation sites (tertiary alicyclic amines) is 1. The van der Waals surface area contributed by atoms with Gasteiger partial charge < -0.3 is 10.1 Å². The van der Waals surface area contributed by atoms with Crippen molar-refractivity contribution < 1.29 is 9.53 Å². The second-order valence-corrected chi connectivity index (χ2v) is 6.88. The average molecular weight is 298 g/mol. The van der Waals surface area contributed by atoms with Gasteiger partial charge in [-0.25, -0.2) is 0 Å². The smallest absolute Gasteiger partial charge is 0.234 e. The van der Waals surface area contributed by atoms with E-state index in [0.29, 0.717) is 12.6 Å². The van der Waals surface area contributed by atoms with Gasteiger partial charge in [0.05, 0.1) is 12.6 Å². The molecule has 0 unspecified atom stereocenters. The SMILES string of the molecule is CC(C)NC(=O)CN1CCC[C@H](CCCCOC(C)C)C1. The van der Waals surface area contributed by atoms with Gasteiger partial charge in [-0.05, 0) is 65.8 Å². The van der Waals surface area contributed by atoms with Crippen molar-refractivity contribution in [1.82, 2.24) is 10.2 Å². The number of unbranched alkanes of at least 4 members (excludes halogenated alkanes) is 1. The Hall–Kier alpha value is -0.610. The third kappa shape index (κ3) is 9.10. The highest BCUT2D eigenvalue weighted by Crippen LogP contribution is 2.21. The maximum absolute atomic E-state index is 11.8. The summed E-state index contributed by atoms with van der Waals surface area (Å²) < 4.78 is 5.58. The first-order chi connectivity index (χ1) is 9.97. The van der Waals surface area contributed by atoms with E-state index in [-0.39, 0.29) is 11.9 Å². The number of ether oxygens (including phenoxy) is 1. The molecule has 0 aromatic carbocycles. The number of hydrogen-bond acceptors (Lipinski definition) is 3. The number of nitrogens with one attached hydrogen (secondary N) is 1. The molecule has 1 aliphatic heterocycles. The predicted molar refractivity (Wildman–Crippen MR) is 87.4 cm³/mol. The van der Waals surface area contributed by atoms with Crippen LogP contribution in [0.15, 0.2) is 0 Å². The molecule has 1 atom stereocenters. The molecule has 1 fully saturated rings. The fraction of sp³-hybridized carbons (Fsp3) is 0.941. The van der Waals surface area contributed by atoms with Gasteiger partial charge in [-0.3, -0.25) is 9.69 Å². The summed E-state index contributed by atoms with van der Waals surface area (Å²) >= 11 is 0. The molecule has 0 aromatic heterocycles.